The molecule has 0 bridgehead atoms. The Labute approximate surface area is 123 Å². The Morgan fingerprint density at radius 2 is 1.81 bits per heavy atom. The Balaban J connectivity index is 2.69. The van der Waals surface area contributed by atoms with Crippen molar-refractivity contribution in [1.82, 2.24) is 15.3 Å². The van der Waals surface area contributed by atoms with Crippen molar-refractivity contribution >= 4 is 5.82 Å². The second-order valence-corrected chi connectivity index (χ2v) is 5.73. The van der Waals surface area contributed by atoms with Gasteiger partial charge in [-0.15, -0.1) is 0 Å². The molecule has 0 aliphatic carbocycles. The lowest BCUT2D eigenvalue weighted by Crippen LogP contribution is -2.39. The predicted octanol–water partition coefficient (Wildman–Crippen LogP) is 3.00. The summed E-state index contributed by atoms with van der Waals surface area (Å²) in [6.07, 6.45) is -1.34. The van der Waals surface area contributed by atoms with Gasteiger partial charge in [0.25, 0.3) is 0 Å². The molecule has 7 heteroatoms. The van der Waals surface area contributed by atoms with Crippen LogP contribution in [0.1, 0.15) is 33.4 Å². The van der Waals surface area contributed by atoms with Crippen molar-refractivity contribution in [1.29, 1.82) is 0 Å². The van der Waals surface area contributed by atoms with Crippen molar-refractivity contribution in [2.24, 2.45) is 5.92 Å². The average Bonchev–Trinajstić information content (AvgIpc) is 2.35. The summed E-state index contributed by atoms with van der Waals surface area (Å²) in [6.45, 7) is 7.99. The molecule has 120 valence electrons. The number of anilines is 1. The smallest absolute Gasteiger partial charge is 0.344 e. The Morgan fingerprint density at radius 1 is 1.14 bits per heavy atom. The molecule has 0 radical (unpaired) electrons. The van der Waals surface area contributed by atoms with Crippen LogP contribution in [0.2, 0.25) is 0 Å². The summed E-state index contributed by atoms with van der Waals surface area (Å²) in [5.41, 5.74) is 0.718. The Kier molecular flexibility index (Phi) is 6.39. The topological polar surface area (TPSA) is 41.1 Å². The highest BCUT2D eigenvalue weighted by atomic mass is 19.4. The number of alkyl halides is 3. The predicted molar refractivity (Wildman–Crippen MR) is 77.1 cm³/mol. The van der Waals surface area contributed by atoms with Crippen molar-refractivity contribution in [3.63, 3.8) is 0 Å². The fraction of sp³-hybridized carbons (Fsp3) is 0.714. The quantitative estimate of drug-likeness (QED) is 0.841. The van der Waals surface area contributed by atoms with E-state index in [0.29, 0.717) is 12.5 Å². The molecule has 4 nitrogen and oxygen atoms in total. The van der Waals surface area contributed by atoms with E-state index in [9.17, 15) is 13.2 Å². The maximum Gasteiger partial charge on any atom is 0.405 e. The standard InChI is InChI=1S/C14H23F3N4/c1-10(2)5-18-6-12-7-20-13(8-19-12)21(11(3)4)9-14(15,16)17/h7-8,10-11,18H,5-6,9H2,1-4H3. The molecule has 0 atom stereocenters. The molecule has 1 rings (SSSR count). The van der Waals surface area contributed by atoms with Gasteiger partial charge in [0.05, 0.1) is 18.1 Å². The van der Waals surface area contributed by atoms with Gasteiger partial charge in [-0.05, 0) is 26.3 Å². The normalized spacial score (nSPS) is 12.2. The molecule has 1 heterocycles. The summed E-state index contributed by atoms with van der Waals surface area (Å²) in [6, 6.07) is -0.300. The van der Waals surface area contributed by atoms with Crippen LogP contribution in [0.4, 0.5) is 19.0 Å². The first kappa shape index (κ1) is 17.7. The van der Waals surface area contributed by atoms with E-state index in [-0.39, 0.29) is 11.9 Å². The first-order valence-corrected chi connectivity index (χ1v) is 7.04. The van der Waals surface area contributed by atoms with Gasteiger partial charge in [-0.25, -0.2) is 4.98 Å². The molecule has 0 saturated heterocycles. The summed E-state index contributed by atoms with van der Waals surface area (Å²) in [7, 11) is 0. The van der Waals surface area contributed by atoms with E-state index in [1.54, 1.807) is 13.8 Å². The first-order chi connectivity index (χ1) is 9.69. The second kappa shape index (κ2) is 7.59. The Bertz CT molecular complexity index is 415. The van der Waals surface area contributed by atoms with Crippen LogP contribution in [-0.2, 0) is 6.54 Å². The fourth-order valence-electron chi connectivity index (χ4n) is 1.80. The Morgan fingerprint density at radius 3 is 2.24 bits per heavy atom. The van der Waals surface area contributed by atoms with Crippen molar-refractivity contribution < 1.29 is 13.2 Å². The van der Waals surface area contributed by atoms with Crippen molar-refractivity contribution in [2.75, 3.05) is 18.0 Å². The van der Waals surface area contributed by atoms with Crippen molar-refractivity contribution in [2.45, 2.75) is 46.5 Å². The van der Waals surface area contributed by atoms with E-state index in [0.717, 1.165) is 12.2 Å². The molecule has 1 N–H and O–H groups in total. The zero-order valence-corrected chi connectivity index (χ0v) is 12.9. The second-order valence-electron chi connectivity index (χ2n) is 5.73. The molecule has 0 unspecified atom stereocenters. The maximum absolute atomic E-state index is 12.6. The number of halogens is 3. The summed E-state index contributed by atoms with van der Waals surface area (Å²) in [4.78, 5) is 9.47. The monoisotopic (exact) mass is 304 g/mol. The van der Waals surface area contributed by atoms with Gasteiger partial charge in [0.15, 0.2) is 0 Å². The average molecular weight is 304 g/mol. The zero-order chi connectivity index (χ0) is 16.0. The molecular weight excluding hydrogens is 281 g/mol. The van der Waals surface area contributed by atoms with Gasteiger partial charge in [0.2, 0.25) is 0 Å². The number of hydrogen-bond acceptors (Lipinski definition) is 4. The van der Waals surface area contributed by atoms with Crippen LogP contribution in [0.3, 0.4) is 0 Å². The Hall–Kier alpha value is -1.37. The van der Waals surface area contributed by atoms with E-state index in [1.807, 2.05) is 0 Å². The van der Waals surface area contributed by atoms with E-state index >= 15 is 0 Å². The van der Waals surface area contributed by atoms with Crippen molar-refractivity contribution in [3.8, 4) is 0 Å². The third-order valence-corrected chi connectivity index (χ3v) is 2.82. The third-order valence-electron chi connectivity index (χ3n) is 2.82. The zero-order valence-electron chi connectivity index (χ0n) is 12.9. The van der Waals surface area contributed by atoms with Gasteiger partial charge in [-0.2, -0.15) is 13.2 Å². The van der Waals surface area contributed by atoms with Crippen LogP contribution in [0.25, 0.3) is 0 Å². The number of hydrogen-bond donors (Lipinski definition) is 1. The molecule has 0 spiro atoms. The van der Waals surface area contributed by atoms with Gasteiger partial charge in [-0.3, -0.25) is 4.98 Å². The molecule has 0 aliphatic rings. The molecule has 0 saturated carbocycles. The largest absolute Gasteiger partial charge is 0.405 e. The summed E-state index contributed by atoms with van der Waals surface area (Å²) >= 11 is 0. The highest BCUT2D eigenvalue weighted by molar-refractivity contribution is 5.37. The van der Waals surface area contributed by atoms with Crippen LogP contribution in [0.15, 0.2) is 12.4 Å². The maximum atomic E-state index is 12.6. The van der Waals surface area contributed by atoms with E-state index in [2.05, 4.69) is 29.1 Å². The number of rotatable bonds is 7. The minimum absolute atomic E-state index is 0.245. The van der Waals surface area contributed by atoms with Crippen LogP contribution >= 0.6 is 0 Å². The van der Waals surface area contributed by atoms with Crippen LogP contribution in [-0.4, -0.2) is 35.3 Å². The van der Waals surface area contributed by atoms with Crippen LogP contribution < -0.4 is 10.2 Å². The molecule has 0 aromatic carbocycles. The van der Waals surface area contributed by atoms with Crippen LogP contribution in [0.5, 0.6) is 0 Å². The molecule has 0 amide bonds. The molecule has 21 heavy (non-hydrogen) atoms. The lowest BCUT2D eigenvalue weighted by Gasteiger charge is -2.28. The molecular formula is C14H23F3N4. The summed E-state index contributed by atoms with van der Waals surface area (Å²) in [5, 5.41) is 3.21. The molecule has 1 aromatic heterocycles. The first-order valence-electron chi connectivity index (χ1n) is 7.04. The van der Waals surface area contributed by atoms with Gasteiger partial charge >= 0.3 is 6.18 Å². The van der Waals surface area contributed by atoms with Gasteiger partial charge in [0.1, 0.15) is 12.4 Å². The van der Waals surface area contributed by atoms with E-state index in [1.165, 1.54) is 17.3 Å². The lowest BCUT2D eigenvalue weighted by molar-refractivity contribution is -0.120. The summed E-state index contributed by atoms with van der Waals surface area (Å²) < 4.78 is 37.7. The van der Waals surface area contributed by atoms with Gasteiger partial charge < -0.3 is 10.2 Å². The van der Waals surface area contributed by atoms with Gasteiger partial charge in [0, 0.05) is 12.6 Å². The SMILES string of the molecule is CC(C)CNCc1cnc(N(CC(F)(F)F)C(C)C)cn1. The lowest BCUT2D eigenvalue weighted by atomic mass is 10.2. The number of aromatic nitrogens is 2. The van der Waals surface area contributed by atoms with Gasteiger partial charge in [-0.1, -0.05) is 13.8 Å². The van der Waals surface area contributed by atoms with E-state index in [4.69, 9.17) is 0 Å². The van der Waals surface area contributed by atoms with E-state index < -0.39 is 12.7 Å². The minimum atomic E-state index is -4.26. The third kappa shape index (κ3) is 6.75. The number of nitrogens with zero attached hydrogens (tertiary/aromatic N) is 3. The minimum Gasteiger partial charge on any atom is -0.344 e. The van der Waals surface area contributed by atoms with Crippen molar-refractivity contribution in [3.05, 3.63) is 18.1 Å². The van der Waals surface area contributed by atoms with Crippen LogP contribution in [0, 0.1) is 5.92 Å². The highest BCUT2D eigenvalue weighted by Gasteiger charge is 2.32. The molecule has 0 aliphatic heterocycles. The number of nitrogens with one attached hydrogen (secondary N) is 1. The molecule has 1 aromatic rings. The highest BCUT2D eigenvalue weighted by Crippen LogP contribution is 2.22. The fourth-order valence-corrected chi connectivity index (χ4v) is 1.80. The molecule has 0 fully saturated rings. The summed E-state index contributed by atoms with van der Waals surface area (Å²) in [5.74, 6) is 0.774.